The summed E-state index contributed by atoms with van der Waals surface area (Å²) in [4.78, 5) is 24.7. The topological polar surface area (TPSA) is 123 Å². The molecule has 0 saturated heterocycles. The number of hydrogen-bond donors (Lipinski definition) is 2. The minimum atomic E-state index is -0.952. The van der Waals surface area contributed by atoms with Crippen LogP contribution < -0.4 is 5.32 Å². The molecule has 2 rings (SSSR count). The summed E-state index contributed by atoms with van der Waals surface area (Å²) in [5, 5.41) is 30.3. The Labute approximate surface area is 162 Å². The Kier molecular flexibility index (Phi) is 6.90. The van der Waals surface area contributed by atoms with Gasteiger partial charge in [0, 0.05) is 6.42 Å². The number of rotatable bonds is 6. The number of phenols is 1. The molecular weight excluding hydrogens is 358 g/mol. The van der Waals surface area contributed by atoms with E-state index in [0.29, 0.717) is 5.56 Å². The Bertz CT molecular complexity index is 969. The molecule has 0 aliphatic rings. The SMILES string of the molecule is COC(=O)[C@H](Cc1ccccc1)NC(=O)c1cc(C=C(C#N)C#N)ccc1O. The van der Waals surface area contributed by atoms with E-state index in [1.807, 2.05) is 30.3 Å². The number of hydrogen-bond acceptors (Lipinski definition) is 6. The molecule has 140 valence electrons. The van der Waals surface area contributed by atoms with Crippen molar-refractivity contribution in [3.63, 3.8) is 0 Å². The summed E-state index contributed by atoms with van der Waals surface area (Å²) in [5.41, 5.74) is 0.977. The molecule has 1 atom stereocenters. The minimum absolute atomic E-state index is 0.0917. The highest BCUT2D eigenvalue weighted by molar-refractivity contribution is 5.99. The molecule has 0 saturated carbocycles. The van der Waals surface area contributed by atoms with E-state index in [4.69, 9.17) is 15.3 Å². The van der Waals surface area contributed by atoms with Gasteiger partial charge in [-0.1, -0.05) is 36.4 Å². The van der Waals surface area contributed by atoms with E-state index in [0.717, 1.165) is 5.56 Å². The van der Waals surface area contributed by atoms with Crippen molar-refractivity contribution in [1.82, 2.24) is 5.32 Å². The summed E-state index contributed by atoms with van der Waals surface area (Å²) < 4.78 is 4.76. The fourth-order valence-electron chi connectivity index (χ4n) is 2.50. The second-order valence-electron chi connectivity index (χ2n) is 5.80. The van der Waals surface area contributed by atoms with Crippen LogP contribution in [0.5, 0.6) is 5.75 Å². The molecule has 0 aromatic heterocycles. The number of nitrogens with zero attached hydrogens (tertiary/aromatic N) is 2. The van der Waals surface area contributed by atoms with E-state index >= 15 is 0 Å². The summed E-state index contributed by atoms with van der Waals surface area (Å²) in [7, 11) is 1.22. The number of ether oxygens (including phenoxy) is 1. The first kappa shape index (κ1) is 20.2. The van der Waals surface area contributed by atoms with Crippen LogP contribution >= 0.6 is 0 Å². The smallest absolute Gasteiger partial charge is 0.328 e. The Hall–Kier alpha value is -4.10. The lowest BCUT2D eigenvalue weighted by molar-refractivity contribution is -0.142. The summed E-state index contributed by atoms with van der Waals surface area (Å²) in [6.45, 7) is 0. The maximum Gasteiger partial charge on any atom is 0.328 e. The van der Waals surface area contributed by atoms with Crippen LogP contribution in [-0.2, 0) is 16.0 Å². The van der Waals surface area contributed by atoms with Crippen molar-refractivity contribution in [1.29, 1.82) is 10.5 Å². The van der Waals surface area contributed by atoms with Crippen molar-refractivity contribution in [2.75, 3.05) is 7.11 Å². The molecule has 0 aliphatic heterocycles. The Morgan fingerprint density at radius 2 is 1.86 bits per heavy atom. The molecule has 0 radical (unpaired) electrons. The van der Waals surface area contributed by atoms with E-state index in [9.17, 15) is 14.7 Å². The quantitative estimate of drug-likeness (QED) is 0.590. The normalized spacial score (nSPS) is 10.7. The third kappa shape index (κ3) is 5.20. The third-order valence-corrected chi connectivity index (χ3v) is 3.89. The van der Waals surface area contributed by atoms with E-state index in [1.165, 1.54) is 31.4 Å². The molecule has 0 spiro atoms. The molecule has 2 aromatic rings. The van der Waals surface area contributed by atoms with Crippen LogP contribution in [0, 0.1) is 22.7 Å². The number of allylic oxidation sites excluding steroid dienone is 1. The fraction of sp³-hybridized carbons (Fsp3) is 0.143. The molecule has 0 aliphatic carbocycles. The second kappa shape index (κ2) is 9.56. The second-order valence-corrected chi connectivity index (χ2v) is 5.80. The van der Waals surface area contributed by atoms with Crippen LogP contribution in [0.4, 0.5) is 0 Å². The van der Waals surface area contributed by atoms with Crippen molar-refractivity contribution < 1.29 is 19.4 Å². The predicted molar refractivity (Wildman–Crippen MR) is 101 cm³/mol. The van der Waals surface area contributed by atoms with Gasteiger partial charge in [-0.05, 0) is 29.3 Å². The zero-order valence-electron chi connectivity index (χ0n) is 15.0. The Morgan fingerprint density at radius 1 is 1.18 bits per heavy atom. The van der Waals surface area contributed by atoms with Crippen LogP contribution in [0.2, 0.25) is 0 Å². The number of benzene rings is 2. The molecule has 7 heteroatoms. The highest BCUT2D eigenvalue weighted by Gasteiger charge is 2.24. The average molecular weight is 375 g/mol. The summed E-state index contributed by atoms with van der Waals surface area (Å²) >= 11 is 0. The first-order chi connectivity index (χ1) is 13.5. The van der Waals surface area contributed by atoms with Gasteiger partial charge >= 0.3 is 5.97 Å². The van der Waals surface area contributed by atoms with Gasteiger partial charge in [0.15, 0.2) is 0 Å². The number of nitrogens with one attached hydrogen (secondary N) is 1. The Morgan fingerprint density at radius 3 is 2.46 bits per heavy atom. The molecule has 0 unspecified atom stereocenters. The van der Waals surface area contributed by atoms with Crippen LogP contribution in [0.15, 0.2) is 54.1 Å². The molecule has 28 heavy (non-hydrogen) atoms. The van der Waals surface area contributed by atoms with Crippen LogP contribution in [0.3, 0.4) is 0 Å². The van der Waals surface area contributed by atoms with Gasteiger partial charge in [0.2, 0.25) is 0 Å². The number of nitriles is 2. The number of aromatic hydroxyl groups is 1. The zero-order chi connectivity index (χ0) is 20.5. The lowest BCUT2D eigenvalue weighted by Gasteiger charge is -2.17. The number of esters is 1. The van der Waals surface area contributed by atoms with Gasteiger partial charge in [-0.25, -0.2) is 4.79 Å². The van der Waals surface area contributed by atoms with Gasteiger partial charge < -0.3 is 15.2 Å². The Balaban J connectivity index is 2.28. The number of phenolic OH excluding ortho intramolecular Hbond substituents is 1. The monoisotopic (exact) mass is 375 g/mol. The van der Waals surface area contributed by atoms with Crippen molar-refractivity contribution in [3.05, 3.63) is 70.8 Å². The molecule has 1 amide bonds. The summed E-state index contributed by atoms with van der Waals surface area (Å²) in [5.74, 6) is -1.60. The van der Waals surface area contributed by atoms with Gasteiger partial charge in [0.1, 0.15) is 29.5 Å². The standard InChI is InChI=1S/C21H17N3O4/c1-28-21(27)18(11-14-5-3-2-4-6-14)24-20(26)17-10-15(7-8-19(17)25)9-16(12-22)13-23/h2-10,18,25H,11H2,1H3,(H,24,26)/t18-/m0/s1. The van der Waals surface area contributed by atoms with Gasteiger partial charge in [0.25, 0.3) is 5.91 Å². The molecule has 0 heterocycles. The van der Waals surface area contributed by atoms with Gasteiger partial charge in [-0.15, -0.1) is 0 Å². The first-order valence-corrected chi connectivity index (χ1v) is 8.26. The number of amides is 1. The van der Waals surface area contributed by atoms with Crippen LogP contribution in [0.1, 0.15) is 21.5 Å². The van der Waals surface area contributed by atoms with Gasteiger partial charge in [-0.3, -0.25) is 4.79 Å². The number of carbonyl (C=O) groups excluding carboxylic acids is 2. The molecule has 2 aromatic carbocycles. The van der Waals surface area contributed by atoms with Gasteiger partial charge in [-0.2, -0.15) is 10.5 Å². The van der Waals surface area contributed by atoms with Crippen molar-refractivity contribution >= 4 is 18.0 Å². The number of methoxy groups -OCH3 is 1. The zero-order valence-corrected chi connectivity index (χ0v) is 15.0. The summed E-state index contributed by atoms with van der Waals surface area (Å²) in [6.07, 6.45) is 1.50. The lowest BCUT2D eigenvalue weighted by atomic mass is 10.0. The number of carbonyl (C=O) groups is 2. The molecule has 0 bridgehead atoms. The molecule has 2 N–H and O–H groups in total. The van der Waals surface area contributed by atoms with Crippen LogP contribution in [0.25, 0.3) is 6.08 Å². The van der Waals surface area contributed by atoms with E-state index < -0.39 is 17.9 Å². The van der Waals surface area contributed by atoms with E-state index in [-0.39, 0.29) is 23.3 Å². The average Bonchev–Trinajstić information content (AvgIpc) is 2.72. The van der Waals surface area contributed by atoms with Crippen molar-refractivity contribution in [2.24, 2.45) is 0 Å². The van der Waals surface area contributed by atoms with Crippen molar-refractivity contribution in [2.45, 2.75) is 12.5 Å². The third-order valence-electron chi connectivity index (χ3n) is 3.89. The highest BCUT2D eigenvalue weighted by Crippen LogP contribution is 2.20. The molecule has 0 fully saturated rings. The first-order valence-electron chi connectivity index (χ1n) is 8.26. The highest BCUT2D eigenvalue weighted by atomic mass is 16.5. The largest absolute Gasteiger partial charge is 0.507 e. The molecule has 7 nitrogen and oxygen atoms in total. The van der Waals surface area contributed by atoms with Crippen LogP contribution in [-0.4, -0.2) is 30.1 Å². The van der Waals surface area contributed by atoms with Gasteiger partial charge in [0.05, 0.1) is 12.7 Å². The fourth-order valence-corrected chi connectivity index (χ4v) is 2.50. The maximum atomic E-state index is 12.6. The van der Waals surface area contributed by atoms with E-state index in [1.54, 1.807) is 12.1 Å². The summed E-state index contributed by atoms with van der Waals surface area (Å²) in [6, 6.07) is 15.7. The van der Waals surface area contributed by atoms with Crippen molar-refractivity contribution in [3.8, 4) is 17.9 Å². The van der Waals surface area contributed by atoms with E-state index in [2.05, 4.69) is 5.32 Å². The lowest BCUT2D eigenvalue weighted by Crippen LogP contribution is -2.43. The molecular formula is C21H17N3O4. The minimum Gasteiger partial charge on any atom is -0.507 e. The predicted octanol–water partition coefficient (Wildman–Crippen LogP) is 2.34. The maximum absolute atomic E-state index is 12.6.